The van der Waals surface area contributed by atoms with Crippen LogP contribution in [-0.4, -0.2) is 51.6 Å². The third-order valence-corrected chi connectivity index (χ3v) is 1.74. The van der Waals surface area contributed by atoms with Crippen molar-refractivity contribution >= 4 is 0 Å². The van der Waals surface area contributed by atoms with Crippen molar-refractivity contribution in [3.8, 4) is 0 Å². The quantitative estimate of drug-likeness (QED) is 0.353. The molecule has 0 amide bonds. The fourth-order valence-electron chi connectivity index (χ4n) is 1.04. The SMILES string of the molecule is OCC1O[C@@H](O)C(O)C[C@@H]1O. The van der Waals surface area contributed by atoms with Crippen LogP contribution in [0.4, 0.5) is 0 Å². The summed E-state index contributed by atoms with van der Waals surface area (Å²) in [5.74, 6) is 0. The average molecular weight is 164 g/mol. The molecular formula is C6H12O5. The third kappa shape index (κ3) is 1.88. The second-order valence-corrected chi connectivity index (χ2v) is 2.62. The standard InChI is InChI=1S/C6H12O5/c7-2-5-3(8)1-4(9)6(10)11-5/h3-10H,1-2H2/t3-,4?,5?,6+/m0/s1. The van der Waals surface area contributed by atoms with Gasteiger partial charge in [-0.05, 0) is 0 Å². The molecule has 1 saturated heterocycles. The van der Waals surface area contributed by atoms with Crippen LogP contribution in [0.3, 0.4) is 0 Å². The Morgan fingerprint density at radius 2 is 1.82 bits per heavy atom. The lowest BCUT2D eigenvalue weighted by Crippen LogP contribution is -2.48. The summed E-state index contributed by atoms with van der Waals surface area (Å²) in [6, 6.07) is 0. The van der Waals surface area contributed by atoms with Crippen molar-refractivity contribution in [2.24, 2.45) is 0 Å². The summed E-state index contributed by atoms with van der Waals surface area (Å²) in [6.45, 7) is -0.356. The summed E-state index contributed by atoms with van der Waals surface area (Å²) >= 11 is 0. The maximum Gasteiger partial charge on any atom is 0.181 e. The lowest BCUT2D eigenvalue weighted by atomic mass is 10.0. The van der Waals surface area contributed by atoms with Crippen LogP contribution >= 0.6 is 0 Å². The lowest BCUT2D eigenvalue weighted by molar-refractivity contribution is -0.251. The van der Waals surface area contributed by atoms with Crippen molar-refractivity contribution < 1.29 is 25.2 Å². The molecule has 11 heavy (non-hydrogen) atoms. The molecule has 2 unspecified atom stereocenters. The van der Waals surface area contributed by atoms with Gasteiger partial charge in [0.15, 0.2) is 6.29 Å². The van der Waals surface area contributed by atoms with E-state index in [1.165, 1.54) is 0 Å². The first-order valence-corrected chi connectivity index (χ1v) is 3.45. The highest BCUT2D eigenvalue weighted by Crippen LogP contribution is 2.18. The van der Waals surface area contributed by atoms with Crippen LogP contribution in [0.1, 0.15) is 6.42 Å². The zero-order chi connectivity index (χ0) is 8.43. The zero-order valence-electron chi connectivity index (χ0n) is 5.92. The number of hydrogen-bond donors (Lipinski definition) is 4. The van der Waals surface area contributed by atoms with E-state index < -0.39 is 24.6 Å². The van der Waals surface area contributed by atoms with Gasteiger partial charge in [-0.25, -0.2) is 0 Å². The molecule has 0 spiro atoms. The van der Waals surface area contributed by atoms with E-state index in [0.717, 1.165) is 0 Å². The minimum absolute atomic E-state index is 0.0341. The Morgan fingerprint density at radius 1 is 1.18 bits per heavy atom. The van der Waals surface area contributed by atoms with Gasteiger partial charge in [0.1, 0.15) is 12.2 Å². The molecule has 4 N–H and O–H groups in total. The van der Waals surface area contributed by atoms with Crippen LogP contribution in [0.25, 0.3) is 0 Å². The van der Waals surface area contributed by atoms with Gasteiger partial charge >= 0.3 is 0 Å². The van der Waals surface area contributed by atoms with Crippen molar-refractivity contribution in [1.82, 2.24) is 0 Å². The Labute approximate surface area is 63.8 Å². The molecule has 1 aliphatic heterocycles. The van der Waals surface area contributed by atoms with Crippen LogP contribution in [0.5, 0.6) is 0 Å². The minimum Gasteiger partial charge on any atom is -0.394 e. The van der Waals surface area contributed by atoms with E-state index in [4.69, 9.17) is 20.4 Å². The van der Waals surface area contributed by atoms with E-state index in [1.54, 1.807) is 0 Å². The first-order chi connectivity index (χ1) is 5.15. The van der Waals surface area contributed by atoms with Crippen LogP contribution in [-0.2, 0) is 4.74 Å². The van der Waals surface area contributed by atoms with Crippen molar-refractivity contribution in [3.63, 3.8) is 0 Å². The van der Waals surface area contributed by atoms with Gasteiger partial charge < -0.3 is 25.2 Å². The molecule has 0 radical (unpaired) electrons. The summed E-state index contributed by atoms with van der Waals surface area (Å²) in [7, 11) is 0. The summed E-state index contributed by atoms with van der Waals surface area (Å²) in [6.07, 6.45) is -4.01. The highest BCUT2D eigenvalue weighted by molar-refractivity contribution is 4.79. The molecule has 5 nitrogen and oxygen atoms in total. The maximum atomic E-state index is 9.10. The molecule has 0 aliphatic carbocycles. The minimum atomic E-state index is -1.30. The van der Waals surface area contributed by atoms with E-state index in [2.05, 4.69) is 4.74 Å². The molecule has 0 saturated carbocycles. The fraction of sp³-hybridized carbons (Fsp3) is 1.00. The number of ether oxygens (including phenoxy) is 1. The Hall–Kier alpha value is -0.200. The van der Waals surface area contributed by atoms with Crippen molar-refractivity contribution in [2.45, 2.75) is 31.0 Å². The molecular weight excluding hydrogens is 152 g/mol. The van der Waals surface area contributed by atoms with Gasteiger partial charge in [-0.3, -0.25) is 0 Å². The van der Waals surface area contributed by atoms with Crippen molar-refractivity contribution in [1.29, 1.82) is 0 Å². The Bertz CT molecular complexity index is 128. The third-order valence-electron chi connectivity index (χ3n) is 1.74. The van der Waals surface area contributed by atoms with Crippen LogP contribution < -0.4 is 0 Å². The Kier molecular flexibility index (Phi) is 2.80. The highest BCUT2D eigenvalue weighted by atomic mass is 16.6. The van der Waals surface area contributed by atoms with Gasteiger partial charge in [0, 0.05) is 6.42 Å². The van der Waals surface area contributed by atoms with Gasteiger partial charge in [0.25, 0.3) is 0 Å². The zero-order valence-corrected chi connectivity index (χ0v) is 5.92. The van der Waals surface area contributed by atoms with Crippen molar-refractivity contribution in [3.05, 3.63) is 0 Å². The summed E-state index contributed by atoms with van der Waals surface area (Å²) in [5, 5.41) is 35.5. The molecule has 1 heterocycles. The molecule has 1 aliphatic rings. The van der Waals surface area contributed by atoms with Gasteiger partial charge in [-0.15, -0.1) is 0 Å². The van der Waals surface area contributed by atoms with Gasteiger partial charge in [-0.1, -0.05) is 0 Å². The molecule has 4 atom stereocenters. The predicted molar refractivity (Wildman–Crippen MR) is 34.6 cm³/mol. The second kappa shape index (κ2) is 3.46. The molecule has 66 valence electrons. The average Bonchev–Trinajstić information content (AvgIpc) is 1.97. The van der Waals surface area contributed by atoms with Crippen molar-refractivity contribution in [2.75, 3.05) is 6.61 Å². The molecule has 1 rings (SSSR count). The van der Waals surface area contributed by atoms with Crippen LogP contribution in [0.15, 0.2) is 0 Å². The molecule has 0 aromatic carbocycles. The smallest absolute Gasteiger partial charge is 0.181 e. The normalized spacial score (nSPS) is 45.8. The topological polar surface area (TPSA) is 90.2 Å². The van der Waals surface area contributed by atoms with Crippen LogP contribution in [0, 0.1) is 0 Å². The molecule has 0 aromatic rings. The summed E-state index contributed by atoms with van der Waals surface area (Å²) < 4.78 is 4.67. The van der Waals surface area contributed by atoms with E-state index in [1.807, 2.05) is 0 Å². The van der Waals surface area contributed by atoms with E-state index in [9.17, 15) is 0 Å². The molecule has 0 bridgehead atoms. The summed E-state index contributed by atoms with van der Waals surface area (Å²) in [4.78, 5) is 0. The van der Waals surface area contributed by atoms with Gasteiger partial charge in [0.2, 0.25) is 0 Å². The highest BCUT2D eigenvalue weighted by Gasteiger charge is 2.34. The van der Waals surface area contributed by atoms with Crippen LogP contribution in [0.2, 0.25) is 0 Å². The molecule has 0 aromatic heterocycles. The predicted octanol–water partition coefficient (Wildman–Crippen LogP) is -2.19. The first-order valence-electron chi connectivity index (χ1n) is 3.45. The maximum absolute atomic E-state index is 9.10. The van der Waals surface area contributed by atoms with E-state index >= 15 is 0 Å². The van der Waals surface area contributed by atoms with Gasteiger partial charge in [0.05, 0.1) is 12.7 Å². The fourth-order valence-corrected chi connectivity index (χ4v) is 1.04. The van der Waals surface area contributed by atoms with Gasteiger partial charge in [-0.2, -0.15) is 0 Å². The Balaban J connectivity index is 2.48. The summed E-state index contributed by atoms with van der Waals surface area (Å²) in [5.41, 5.74) is 0. The number of aliphatic hydroxyl groups is 4. The van der Waals surface area contributed by atoms with E-state index in [-0.39, 0.29) is 13.0 Å². The van der Waals surface area contributed by atoms with E-state index in [0.29, 0.717) is 0 Å². The largest absolute Gasteiger partial charge is 0.394 e. The monoisotopic (exact) mass is 164 g/mol. The second-order valence-electron chi connectivity index (χ2n) is 2.62. The first kappa shape index (κ1) is 8.89. The number of hydrogen-bond acceptors (Lipinski definition) is 5. The molecule has 5 heteroatoms. The Morgan fingerprint density at radius 3 is 2.36 bits per heavy atom. The lowest BCUT2D eigenvalue weighted by Gasteiger charge is -2.33. The number of aliphatic hydroxyl groups excluding tert-OH is 4. The molecule has 1 fully saturated rings. The number of rotatable bonds is 1.